The van der Waals surface area contributed by atoms with Gasteiger partial charge in [-0.15, -0.1) is 0 Å². The maximum Gasteiger partial charge on any atom is 0.328 e. The summed E-state index contributed by atoms with van der Waals surface area (Å²) in [4.78, 5) is 41.6. The Balaban J connectivity index is 3.18. The maximum absolute atomic E-state index is 12.7. The summed E-state index contributed by atoms with van der Waals surface area (Å²) in [7, 11) is 1.22. The van der Waals surface area contributed by atoms with Gasteiger partial charge in [0.15, 0.2) is 6.61 Å². The van der Waals surface area contributed by atoms with E-state index in [2.05, 4.69) is 5.16 Å². The minimum Gasteiger partial charge on any atom is -0.467 e. The van der Waals surface area contributed by atoms with Crippen LogP contribution in [0.2, 0.25) is 0 Å². The SMILES string of the molecule is COC(=O)C(C)N(C(=O)CON=C(C#N)C(N)=O)c1c(C)cccc1C. The molecule has 0 radical (unpaired) electrons. The molecular formula is C17H20N4O5. The summed E-state index contributed by atoms with van der Waals surface area (Å²) in [5.41, 5.74) is 6.34. The lowest BCUT2D eigenvalue weighted by atomic mass is 10.1. The maximum atomic E-state index is 12.7. The van der Waals surface area contributed by atoms with Gasteiger partial charge in [0, 0.05) is 0 Å². The summed E-state index contributed by atoms with van der Waals surface area (Å²) < 4.78 is 4.73. The summed E-state index contributed by atoms with van der Waals surface area (Å²) >= 11 is 0. The van der Waals surface area contributed by atoms with Crippen LogP contribution in [0.1, 0.15) is 18.1 Å². The van der Waals surface area contributed by atoms with Gasteiger partial charge in [0.25, 0.3) is 11.8 Å². The first-order valence-electron chi connectivity index (χ1n) is 7.60. The van der Waals surface area contributed by atoms with E-state index in [0.717, 1.165) is 11.1 Å². The first kappa shape index (κ1) is 20.6. The molecule has 0 heterocycles. The van der Waals surface area contributed by atoms with Crippen molar-refractivity contribution in [2.45, 2.75) is 26.8 Å². The zero-order chi connectivity index (χ0) is 19.9. The number of benzene rings is 1. The molecular weight excluding hydrogens is 340 g/mol. The number of methoxy groups -OCH3 is 1. The molecule has 2 amide bonds. The molecule has 0 aliphatic carbocycles. The Bertz CT molecular complexity index is 762. The van der Waals surface area contributed by atoms with Crippen molar-refractivity contribution in [2.24, 2.45) is 10.9 Å². The van der Waals surface area contributed by atoms with Crippen molar-refractivity contribution >= 4 is 29.2 Å². The van der Waals surface area contributed by atoms with Crippen molar-refractivity contribution in [2.75, 3.05) is 18.6 Å². The average Bonchev–Trinajstić information content (AvgIpc) is 2.60. The smallest absolute Gasteiger partial charge is 0.328 e. The van der Waals surface area contributed by atoms with Crippen LogP contribution >= 0.6 is 0 Å². The van der Waals surface area contributed by atoms with E-state index in [1.54, 1.807) is 26.0 Å². The van der Waals surface area contributed by atoms with Gasteiger partial charge in [0.2, 0.25) is 5.71 Å². The van der Waals surface area contributed by atoms with Crippen LogP contribution < -0.4 is 10.6 Å². The number of esters is 1. The predicted octanol–water partition coefficient (Wildman–Crippen LogP) is 0.579. The van der Waals surface area contributed by atoms with Crippen molar-refractivity contribution in [3.05, 3.63) is 29.3 Å². The number of nitrogens with zero attached hydrogens (tertiary/aromatic N) is 3. The van der Waals surface area contributed by atoms with E-state index in [1.807, 2.05) is 6.07 Å². The zero-order valence-corrected chi connectivity index (χ0v) is 15.0. The monoisotopic (exact) mass is 360 g/mol. The Kier molecular flexibility index (Phi) is 7.28. The molecule has 0 aromatic heterocycles. The highest BCUT2D eigenvalue weighted by molar-refractivity contribution is 6.44. The molecule has 0 aliphatic heterocycles. The Morgan fingerprint density at radius 3 is 2.35 bits per heavy atom. The molecule has 26 heavy (non-hydrogen) atoms. The van der Waals surface area contributed by atoms with Gasteiger partial charge in [-0.05, 0) is 31.9 Å². The lowest BCUT2D eigenvalue weighted by molar-refractivity contribution is -0.143. The number of hydrogen-bond acceptors (Lipinski definition) is 7. The molecule has 9 nitrogen and oxygen atoms in total. The van der Waals surface area contributed by atoms with Crippen molar-refractivity contribution in [1.82, 2.24) is 0 Å². The normalized spacial score (nSPS) is 11.9. The second-order valence-corrected chi connectivity index (χ2v) is 5.39. The van der Waals surface area contributed by atoms with E-state index in [1.165, 1.54) is 25.0 Å². The Morgan fingerprint density at radius 1 is 1.31 bits per heavy atom. The number of aryl methyl sites for hydroxylation is 2. The number of nitrogens with two attached hydrogens (primary N) is 1. The number of primary amides is 1. The van der Waals surface area contributed by atoms with Crippen LogP contribution in [0.25, 0.3) is 0 Å². The molecule has 138 valence electrons. The van der Waals surface area contributed by atoms with Crippen molar-refractivity contribution in [1.29, 1.82) is 5.26 Å². The minimum absolute atomic E-state index is 0.540. The number of rotatable bonds is 7. The topological polar surface area (TPSA) is 135 Å². The van der Waals surface area contributed by atoms with Crippen LogP contribution in [0, 0.1) is 25.2 Å². The molecule has 9 heteroatoms. The van der Waals surface area contributed by atoms with E-state index in [4.69, 9.17) is 20.6 Å². The third-order valence-electron chi connectivity index (χ3n) is 3.56. The number of anilines is 1. The fourth-order valence-corrected chi connectivity index (χ4v) is 2.34. The molecule has 0 saturated heterocycles. The van der Waals surface area contributed by atoms with Gasteiger partial charge in [-0.25, -0.2) is 4.79 Å². The van der Waals surface area contributed by atoms with Crippen molar-refractivity contribution in [3.8, 4) is 6.07 Å². The van der Waals surface area contributed by atoms with E-state index in [9.17, 15) is 14.4 Å². The van der Waals surface area contributed by atoms with Gasteiger partial charge in [-0.1, -0.05) is 23.4 Å². The van der Waals surface area contributed by atoms with Crippen molar-refractivity contribution in [3.63, 3.8) is 0 Å². The van der Waals surface area contributed by atoms with E-state index in [-0.39, 0.29) is 0 Å². The van der Waals surface area contributed by atoms with Crippen LogP contribution in [0.3, 0.4) is 0 Å². The Hall–Kier alpha value is -3.41. The van der Waals surface area contributed by atoms with Crippen LogP contribution in [0.15, 0.2) is 23.4 Å². The molecule has 0 fully saturated rings. The second-order valence-electron chi connectivity index (χ2n) is 5.39. The number of hydrogen-bond donors (Lipinski definition) is 1. The number of ether oxygens (including phenoxy) is 1. The number of para-hydroxylation sites is 1. The quantitative estimate of drug-likeness (QED) is 0.429. The van der Waals surface area contributed by atoms with E-state index < -0.39 is 36.1 Å². The van der Waals surface area contributed by atoms with Crippen molar-refractivity contribution < 1.29 is 24.0 Å². The lowest BCUT2D eigenvalue weighted by Crippen LogP contribution is -2.46. The second kappa shape index (κ2) is 9.17. The number of nitriles is 1. The van der Waals surface area contributed by atoms with Crippen LogP contribution in [-0.2, 0) is 24.0 Å². The summed E-state index contributed by atoms with van der Waals surface area (Å²) in [6.07, 6.45) is 0. The lowest BCUT2D eigenvalue weighted by Gasteiger charge is -2.29. The van der Waals surface area contributed by atoms with Gasteiger partial charge >= 0.3 is 5.97 Å². The summed E-state index contributed by atoms with van der Waals surface area (Å²) in [5.74, 6) is -2.29. The van der Waals surface area contributed by atoms with Gasteiger partial charge in [-0.3, -0.25) is 14.5 Å². The molecule has 1 rings (SSSR count). The Labute approximate surface area is 150 Å². The summed E-state index contributed by atoms with van der Waals surface area (Å²) in [6.45, 7) is 4.51. The number of carbonyl (C=O) groups excluding carboxylic acids is 3. The highest BCUT2D eigenvalue weighted by Crippen LogP contribution is 2.27. The first-order chi connectivity index (χ1) is 12.2. The number of oxime groups is 1. The molecule has 1 unspecified atom stereocenters. The molecule has 0 aliphatic rings. The molecule has 1 aromatic carbocycles. The highest BCUT2D eigenvalue weighted by Gasteiger charge is 2.30. The first-order valence-corrected chi connectivity index (χ1v) is 7.60. The van der Waals surface area contributed by atoms with Crippen LogP contribution in [0.5, 0.6) is 0 Å². The molecule has 0 spiro atoms. The van der Waals surface area contributed by atoms with E-state index in [0.29, 0.717) is 5.69 Å². The van der Waals surface area contributed by atoms with Gasteiger partial charge in [0.1, 0.15) is 12.1 Å². The zero-order valence-electron chi connectivity index (χ0n) is 15.0. The number of carbonyl (C=O) groups is 3. The van der Waals surface area contributed by atoms with Gasteiger partial charge < -0.3 is 15.3 Å². The molecule has 1 aromatic rings. The Morgan fingerprint density at radius 2 is 1.88 bits per heavy atom. The largest absolute Gasteiger partial charge is 0.467 e. The predicted molar refractivity (Wildman–Crippen MR) is 93.1 cm³/mol. The standard InChI is InChI=1S/C17H20N4O5/c1-10-6-5-7-11(2)15(10)21(12(3)17(24)25-4)14(22)9-26-20-13(8-18)16(19)23/h5-7,12H,9H2,1-4H3,(H2,19,23). The van der Waals surface area contributed by atoms with Crippen LogP contribution in [-0.4, -0.2) is 43.3 Å². The third-order valence-corrected chi connectivity index (χ3v) is 3.56. The fourth-order valence-electron chi connectivity index (χ4n) is 2.34. The van der Waals surface area contributed by atoms with E-state index >= 15 is 0 Å². The average molecular weight is 360 g/mol. The third kappa shape index (κ3) is 4.80. The highest BCUT2D eigenvalue weighted by atomic mass is 16.6. The molecule has 1 atom stereocenters. The minimum atomic E-state index is -1.07. The molecule has 0 saturated carbocycles. The fraction of sp³-hybridized carbons (Fsp3) is 0.353. The van der Waals surface area contributed by atoms with Gasteiger partial charge in [-0.2, -0.15) is 5.26 Å². The molecule has 0 bridgehead atoms. The number of amides is 2. The molecule has 2 N–H and O–H groups in total. The van der Waals surface area contributed by atoms with Gasteiger partial charge in [0.05, 0.1) is 12.8 Å². The summed E-state index contributed by atoms with van der Waals surface area (Å²) in [6, 6.07) is 5.95. The summed E-state index contributed by atoms with van der Waals surface area (Å²) in [5, 5.41) is 11.9. The van der Waals surface area contributed by atoms with Crippen LogP contribution in [0.4, 0.5) is 5.69 Å².